The van der Waals surface area contributed by atoms with Crippen molar-refractivity contribution in [1.29, 1.82) is 0 Å². The number of hydrogen-bond acceptors (Lipinski definition) is 4. The van der Waals surface area contributed by atoms with Crippen molar-refractivity contribution in [3.63, 3.8) is 0 Å². The molecule has 1 saturated heterocycles. The van der Waals surface area contributed by atoms with Crippen molar-refractivity contribution in [2.45, 2.75) is 38.3 Å². The number of rotatable bonds is 6. The molecule has 0 bridgehead atoms. The number of methoxy groups -OCH3 is 1. The molecule has 0 aromatic carbocycles. The van der Waals surface area contributed by atoms with Crippen LogP contribution < -0.4 is 10.1 Å². The van der Waals surface area contributed by atoms with Gasteiger partial charge in [0.05, 0.1) is 12.8 Å². The van der Waals surface area contributed by atoms with E-state index in [1.54, 1.807) is 7.11 Å². The number of ether oxygens (including phenoxy) is 1. The molecule has 0 atom stereocenters. The first-order valence-electron chi connectivity index (χ1n) is 7.79. The fourth-order valence-electron chi connectivity index (χ4n) is 2.86. The second kappa shape index (κ2) is 6.55. The van der Waals surface area contributed by atoms with Crippen LogP contribution in [-0.4, -0.2) is 42.7 Å². The predicted molar refractivity (Wildman–Crippen MR) is 79.8 cm³/mol. The van der Waals surface area contributed by atoms with Gasteiger partial charge in [0.25, 0.3) is 0 Å². The Morgan fingerprint density at radius 1 is 1.25 bits per heavy atom. The Hall–Kier alpha value is -1.13. The van der Waals surface area contributed by atoms with Gasteiger partial charge < -0.3 is 10.1 Å². The van der Waals surface area contributed by atoms with Crippen LogP contribution in [0, 0.1) is 5.92 Å². The minimum Gasteiger partial charge on any atom is -0.481 e. The Kier molecular flexibility index (Phi) is 4.53. The van der Waals surface area contributed by atoms with E-state index in [1.165, 1.54) is 45.3 Å². The fourth-order valence-corrected chi connectivity index (χ4v) is 2.86. The minimum atomic E-state index is 0.714. The van der Waals surface area contributed by atoms with Crippen LogP contribution in [-0.2, 0) is 6.54 Å². The molecule has 1 aromatic rings. The lowest BCUT2D eigenvalue weighted by Gasteiger charge is -2.31. The molecule has 1 aromatic heterocycles. The van der Waals surface area contributed by atoms with Crippen LogP contribution in [0.25, 0.3) is 0 Å². The van der Waals surface area contributed by atoms with Gasteiger partial charge in [-0.2, -0.15) is 0 Å². The molecule has 3 rings (SSSR count). The summed E-state index contributed by atoms with van der Waals surface area (Å²) in [7, 11) is 1.67. The van der Waals surface area contributed by atoms with Gasteiger partial charge in [-0.25, -0.2) is 4.98 Å². The molecule has 1 aliphatic heterocycles. The summed E-state index contributed by atoms with van der Waals surface area (Å²) in [5.41, 5.74) is 1.11. The van der Waals surface area contributed by atoms with Crippen LogP contribution >= 0.6 is 0 Å². The quantitative estimate of drug-likeness (QED) is 0.862. The van der Waals surface area contributed by atoms with Gasteiger partial charge in [0.2, 0.25) is 5.88 Å². The zero-order valence-electron chi connectivity index (χ0n) is 12.3. The van der Waals surface area contributed by atoms with Gasteiger partial charge in [0, 0.05) is 18.7 Å². The normalized spacial score (nSPS) is 21.1. The van der Waals surface area contributed by atoms with E-state index in [-0.39, 0.29) is 0 Å². The maximum atomic E-state index is 5.18. The molecule has 1 aliphatic carbocycles. The number of aromatic nitrogens is 1. The molecule has 2 heterocycles. The van der Waals surface area contributed by atoms with Crippen molar-refractivity contribution in [3.8, 4) is 5.88 Å². The fraction of sp³-hybridized carbons (Fsp3) is 0.688. The van der Waals surface area contributed by atoms with E-state index in [1.807, 2.05) is 12.1 Å². The first kappa shape index (κ1) is 13.8. The Morgan fingerprint density at radius 3 is 2.75 bits per heavy atom. The van der Waals surface area contributed by atoms with Gasteiger partial charge in [0.15, 0.2) is 0 Å². The first-order valence-corrected chi connectivity index (χ1v) is 7.79. The van der Waals surface area contributed by atoms with Gasteiger partial charge in [-0.3, -0.25) is 4.90 Å². The molecule has 110 valence electrons. The van der Waals surface area contributed by atoms with Crippen molar-refractivity contribution in [1.82, 2.24) is 15.2 Å². The highest BCUT2D eigenvalue weighted by Gasteiger charge is 2.24. The number of pyridine rings is 1. The number of likely N-dealkylation sites (tertiary alicyclic amines) is 1. The van der Waals surface area contributed by atoms with E-state index >= 15 is 0 Å². The van der Waals surface area contributed by atoms with E-state index in [0.29, 0.717) is 5.88 Å². The molecule has 4 heteroatoms. The Bertz CT molecular complexity index is 425. The standard InChI is InChI=1S/C16H25N3O/c1-20-16-4-2-3-15(18-16)12-19-9-7-13(8-10-19)11-17-14-5-6-14/h2-4,13-14,17H,5-12H2,1H3. The molecule has 0 amide bonds. The lowest BCUT2D eigenvalue weighted by molar-refractivity contribution is 0.173. The largest absolute Gasteiger partial charge is 0.481 e. The van der Waals surface area contributed by atoms with E-state index in [2.05, 4.69) is 21.3 Å². The predicted octanol–water partition coefficient (Wildman–Crippen LogP) is 2.05. The van der Waals surface area contributed by atoms with E-state index in [0.717, 1.165) is 24.2 Å². The van der Waals surface area contributed by atoms with Crippen LogP contribution in [0.5, 0.6) is 5.88 Å². The van der Waals surface area contributed by atoms with E-state index in [9.17, 15) is 0 Å². The molecule has 0 radical (unpaired) electrons. The molecule has 2 aliphatic rings. The van der Waals surface area contributed by atoms with E-state index < -0.39 is 0 Å². The lowest BCUT2D eigenvalue weighted by Crippen LogP contribution is -2.37. The van der Waals surface area contributed by atoms with Crippen LogP contribution in [0.1, 0.15) is 31.4 Å². The summed E-state index contributed by atoms with van der Waals surface area (Å²) in [5.74, 6) is 1.58. The Morgan fingerprint density at radius 2 is 2.05 bits per heavy atom. The zero-order chi connectivity index (χ0) is 13.8. The van der Waals surface area contributed by atoms with E-state index in [4.69, 9.17) is 4.74 Å². The number of nitrogens with one attached hydrogen (secondary N) is 1. The topological polar surface area (TPSA) is 37.4 Å². The summed E-state index contributed by atoms with van der Waals surface area (Å²) in [6.07, 6.45) is 5.40. The highest BCUT2D eigenvalue weighted by molar-refractivity contribution is 5.15. The molecule has 1 N–H and O–H groups in total. The van der Waals surface area contributed by atoms with Crippen LogP contribution in [0.15, 0.2) is 18.2 Å². The van der Waals surface area contributed by atoms with Crippen LogP contribution in [0.2, 0.25) is 0 Å². The van der Waals surface area contributed by atoms with Gasteiger partial charge in [-0.05, 0) is 57.3 Å². The van der Waals surface area contributed by atoms with Gasteiger partial charge in [0.1, 0.15) is 0 Å². The molecule has 1 saturated carbocycles. The highest BCUT2D eigenvalue weighted by atomic mass is 16.5. The van der Waals surface area contributed by atoms with Crippen molar-refractivity contribution >= 4 is 0 Å². The third kappa shape index (κ3) is 3.93. The molecular weight excluding hydrogens is 250 g/mol. The summed E-state index contributed by atoms with van der Waals surface area (Å²) in [5, 5.41) is 3.66. The lowest BCUT2D eigenvalue weighted by atomic mass is 9.96. The van der Waals surface area contributed by atoms with Crippen molar-refractivity contribution in [2.24, 2.45) is 5.92 Å². The summed E-state index contributed by atoms with van der Waals surface area (Å²) in [4.78, 5) is 7.01. The molecule has 2 fully saturated rings. The first-order chi connectivity index (χ1) is 9.83. The molecule has 4 nitrogen and oxygen atoms in total. The third-order valence-electron chi connectivity index (χ3n) is 4.36. The Balaban J connectivity index is 1.42. The molecule has 20 heavy (non-hydrogen) atoms. The summed E-state index contributed by atoms with van der Waals surface area (Å²) in [6, 6.07) is 6.85. The minimum absolute atomic E-state index is 0.714. The second-order valence-electron chi connectivity index (χ2n) is 6.07. The number of hydrogen-bond donors (Lipinski definition) is 1. The van der Waals surface area contributed by atoms with Gasteiger partial charge >= 0.3 is 0 Å². The third-order valence-corrected chi connectivity index (χ3v) is 4.36. The summed E-state index contributed by atoms with van der Waals surface area (Å²) >= 11 is 0. The molecular formula is C16H25N3O. The summed E-state index contributed by atoms with van der Waals surface area (Å²) in [6.45, 7) is 4.54. The maximum absolute atomic E-state index is 5.18. The zero-order valence-corrected chi connectivity index (χ0v) is 12.3. The maximum Gasteiger partial charge on any atom is 0.213 e. The van der Waals surface area contributed by atoms with Crippen molar-refractivity contribution < 1.29 is 4.74 Å². The Labute approximate surface area is 121 Å². The van der Waals surface area contributed by atoms with Crippen molar-refractivity contribution in [3.05, 3.63) is 23.9 Å². The SMILES string of the molecule is COc1cccc(CN2CCC(CNC3CC3)CC2)n1. The summed E-state index contributed by atoms with van der Waals surface area (Å²) < 4.78 is 5.18. The highest BCUT2D eigenvalue weighted by Crippen LogP contribution is 2.22. The average Bonchev–Trinajstić information content (AvgIpc) is 3.31. The second-order valence-corrected chi connectivity index (χ2v) is 6.07. The molecule has 0 unspecified atom stereocenters. The van der Waals surface area contributed by atoms with Gasteiger partial charge in [-0.15, -0.1) is 0 Å². The number of piperidine rings is 1. The average molecular weight is 275 g/mol. The van der Waals surface area contributed by atoms with Crippen molar-refractivity contribution in [2.75, 3.05) is 26.7 Å². The smallest absolute Gasteiger partial charge is 0.213 e. The number of nitrogens with zero attached hydrogens (tertiary/aromatic N) is 2. The monoisotopic (exact) mass is 275 g/mol. The van der Waals surface area contributed by atoms with Crippen LogP contribution in [0.3, 0.4) is 0 Å². The molecule has 0 spiro atoms. The van der Waals surface area contributed by atoms with Crippen LogP contribution in [0.4, 0.5) is 0 Å². The van der Waals surface area contributed by atoms with Gasteiger partial charge in [-0.1, -0.05) is 6.07 Å².